The number of rotatable bonds is 3. The summed E-state index contributed by atoms with van der Waals surface area (Å²) in [6.45, 7) is 0. The quantitative estimate of drug-likeness (QED) is 0.795. The zero-order valence-corrected chi connectivity index (χ0v) is 10.4. The third-order valence-electron chi connectivity index (χ3n) is 3.78. The van der Waals surface area contributed by atoms with Crippen molar-refractivity contribution in [2.75, 3.05) is 7.11 Å². The summed E-state index contributed by atoms with van der Waals surface area (Å²) in [7, 11) is 1.22. The SMILES string of the molecule is COC(=O)C(O)(c1ccccc1)C1(O)CCCC1. The number of ether oxygens (including phenoxy) is 1. The van der Waals surface area contributed by atoms with E-state index in [1.165, 1.54) is 7.11 Å². The molecule has 0 aromatic heterocycles. The number of benzene rings is 1. The van der Waals surface area contributed by atoms with Crippen LogP contribution in [0.15, 0.2) is 30.3 Å². The van der Waals surface area contributed by atoms with E-state index >= 15 is 0 Å². The topological polar surface area (TPSA) is 66.8 Å². The first kappa shape index (κ1) is 13.1. The van der Waals surface area contributed by atoms with Crippen molar-refractivity contribution >= 4 is 5.97 Å². The molecule has 1 aliphatic rings. The lowest BCUT2D eigenvalue weighted by Gasteiger charge is -2.38. The maximum atomic E-state index is 12.0. The van der Waals surface area contributed by atoms with Crippen molar-refractivity contribution < 1.29 is 19.7 Å². The van der Waals surface area contributed by atoms with Gasteiger partial charge in [0.1, 0.15) is 5.60 Å². The van der Waals surface area contributed by atoms with Gasteiger partial charge in [0.05, 0.1) is 7.11 Å². The van der Waals surface area contributed by atoms with E-state index < -0.39 is 17.2 Å². The van der Waals surface area contributed by atoms with Crippen LogP contribution in [0.4, 0.5) is 0 Å². The summed E-state index contributed by atoms with van der Waals surface area (Å²) in [5, 5.41) is 21.4. The Hall–Kier alpha value is -1.39. The molecule has 1 aliphatic carbocycles. The van der Waals surface area contributed by atoms with Gasteiger partial charge in [0, 0.05) is 0 Å². The zero-order chi connectivity index (χ0) is 13.2. The number of hydrogen-bond donors (Lipinski definition) is 2. The first-order valence-corrected chi connectivity index (χ1v) is 6.13. The molecule has 4 heteroatoms. The van der Waals surface area contributed by atoms with Crippen molar-refractivity contribution in [2.45, 2.75) is 36.9 Å². The Labute approximate surface area is 106 Å². The average molecular weight is 250 g/mol. The molecule has 0 bridgehead atoms. The van der Waals surface area contributed by atoms with Gasteiger partial charge in [-0.1, -0.05) is 43.2 Å². The highest BCUT2D eigenvalue weighted by atomic mass is 16.5. The number of methoxy groups -OCH3 is 1. The molecule has 18 heavy (non-hydrogen) atoms. The maximum Gasteiger partial charge on any atom is 0.345 e. The van der Waals surface area contributed by atoms with E-state index in [0.717, 1.165) is 12.8 Å². The molecule has 0 radical (unpaired) electrons. The van der Waals surface area contributed by atoms with Crippen molar-refractivity contribution in [3.63, 3.8) is 0 Å². The Bertz CT molecular complexity index is 423. The third-order valence-corrected chi connectivity index (χ3v) is 3.78. The second kappa shape index (κ2) is 4.71. The van der Waals surface area contributed by atoms with Crippen LogP contribution in [0.2, 0.25) is 0 Å². The number of aliphatic hydroxyl groups is 2. The van der Waals surface area contributed by atoms with E-state index in [1.54, 1.807) is 30.3 Å². The average Bonchev–Trinajstić information content (AvgIpc) is 2.86. The van der Waals surface area contributed by atoms with Gasteiger partial charge in [-0.15, -0.1) is 0 Å². The first-order chi connectivity index (χ1) is 8.54. The molecule has 2 rings (SSSR count). The van der Waals surface area contributed by atoms with Crippen molar-refractivity contribution in [1.82, 2.24) is 0 Å². The largest absolute Gasteiger partial charge is 0.467 e. The van der Waals surface area contributed by atoms with Gasteiger partial charge in [-0.3, -0.25) is 0 Å². The fraction of sp³-hybridized carbons (Fsp3) is 0.500. The van der Waals surface area contributed by atoms with Gasteiger partial charge in [0.15, 0.2) is 0 Å². The summed E-state index contributed by atoms with van der Waals surface area (Å²) in [5.41, 5.74) is -3.05. The van der Waals surface area contributed by atoms with Crippen LogP contribution in [-0.2, 0) is 15.1 Å². The van der Waals surface area contributed by atoms with E-state index in [9.17, 15) is 15.0 Å². The standard InChI is InChI=1S/C14H18O4/c1-18-12(15)14(17,11-7-3-2-4-8-11)13(16)9-5-6-10-13/h2-4,7-8,16-17H,5-6,9-10H2,1H3. The summed E-state index contributed by atoms with van der Waals surface area (Å²) in [6.07, 6.45) is 2.38. The molecule has 0 spiro atoms. The van der Waals surface area contributed by atoms with Gasteiger partial charge in [-0.25, -0.2) is 4.79 Å². The van der Waals surface area contributed by atoms with Crippen LogP contribution in [0.25, 0.3) is 0 Å². The van der Waals surface area contributed by atoms with Crippen LogP contribution in [0, 0.1) is 0 Å². The molecule has 0 saturated heterocycles. The maximum absolute atomic E-state index is 12.0. The van der Waals surface area contributed by atoms with Crippen molar-refractivity contribution in [2.24, 2.45) is 0 Å². The normalized spacial score (nSPS) is 21.3. The van der Waals surface area contributed by atoms with E-state index in [4.69, 9.17) is 4.74 Å². The van der Waals surface area contributed by atoms with Crippen molar-refractivity contribution in [3.8, 4) is 0 Å². The van der Waals surface area contributed by atoms with Gasteiger partial charge >= 0.3 is 5.97 Å². The smallest absolute Gasteiger partial charge is 0.345 e. The molecule has 0 aliphatic heterocycles. The molecule has 98 valence electrons. The molecule has 0 heterocycles. The number of esters is 1. The van der Waals surface area contributed by atoms with Gasteiger partial charge in [0.2, 0.25) is 5.60 Å². The Kier molecular flexibility index (Phi) is 3.41. The second-order valence-electron chi connectivity index (χ2n) is 4.81. The van der Waals surface area contributed by atoms with Crippen molar-refractivity contribution in [1.29, 1.82) is 0 Å². The zero-order valence-electron chi connectivity index (χ0n) is 10.4. The molecule has 1 saturated carbocycles. The van der Waals surface area contributed by atoms with E-state index in [0.29, 0.717) is 18.4 Å². The minimum absolute atomic E-state index is 0.376. The minimum atomic E-state index is -1.99. The van der Waals surface area contributed by atoms with Gasteiger partial charge in [-0.05, 0) is 18.4 Å². The summed E-state index contributed by atoms with van der Waals surface area (Å²) < 4.78 is 4.70. The summed E-state index contributed by atoms with van der Waals surface area (Å²) in [6, 6.07) is 8.50. The molecule has 1 unspecified atom stereocenters. The van der Waals surface area contributed by atoms with E-state index in [-0.39, 0.29) is 0 Å². The van der Waals surface area contributed by atoms with Crippen LogP contribution in [0.5, 0.6) is 0 Å². The lowest BCUT2D eigenvalue weighted by atomic mass is 9.76. The highest BCUT2D eigenvalue weighted by Crippen LogP contribution is 2.44. The minimum Gasteiger partial charge on any atom is -0.467 e. The number of carbonyl (C=O) groups excluding carboxylic acids is 1. The lowest BCUT2D eigenvalue weighted by molar-refractivity contribution is -0.198. The Morgan fingerprint density at radius 1 is 1.28 bits per heavy atom. The van der Waals surface area contributed by atoms with Crippen LogP contribution >= 0.6 is 0 Å². The Morgan fingerprint density at radius 2 is 1.83 bits per heavy atom. The number of hydrogen-bond acceptors (Lipinski definition) is 4. The molecular formula is C14H18O4. The molecule has 4 nitrogen and oxygen atoms in total. The van der Waals surface area contributed by atoms with Gasteiger partial charge in [-0.2, -0.15) is 0 Å². The van der Waals surface area contributed by atoms with Crippen LogP contribution in [-0.4, -0.2) is 28.9 Å². The Balaban J connectivity index is 2.51. The highest BCUT2D eigenvalue weighted by Gasteiger charge is 2.57. The van der Waals surface area contributed by atoms with Gasteiger partial charge < -0.3 is 14.9 Å². The second-order valence-corrected chi connectivity index (χ2v) is 4.81. The predicted molar refractivity (Wildman–Crippen MR) is 65.8 cm³/mol. The summed E-state index contributed by atoms with van der Waals surface area (Å²) >= 11 is 0. The summed E-state index contributed by atoms with van der Waals surface area (Å²) in [5.74, 6) is -0.807. The van der Waals surface area contributed by atoms with Crippen molar-refractivity contribution in [3.05, 3.63) is 35.9 Å². The summed E-state index contributed by atoms with van der Waals surface area (Å²) in [4.78, 5) is 12.0. The lowest BCUT2D eigenvalue weighted by Crippen LogP contribution is -2.55. The molecular weight excluding hydrogens is 232 g/mol. The third kappa shape index (κ3) is 1.82. The fourth-order valence-electron chi connectivity index (χ4n) is 2.73. The van der Waals surface area contributed by atoms with Crippen LogP contribution < -0.4 is 0 Å². The van der Waals surface area contributed by atoms with E-state index in [1.807, 2.05) is 0 Å². The molecule has 1 aromatic carbocycles. The predicted octanol–water partition coefficient (Wildman–Crippen LogP) is 1.35. The Morgan fingerprint density at radius 3 is 2.33 bits per heavy atom. The monoisotopic (exact) mass is 250 g/mol. The fourth-order valence-corrected chi connectivity index (χ4v) is 2.73. The molecule has 2 N–H and O–H groups in total. The molecule has 1 aromatic rings. The molecule has 1 atom stereocenters. The first-order valence-electron chi connectivity index (χ1n) is 6.13. The van der Waals surface area contributed by atoms with Crippen LogP contribution in [0.3, 0.4) is 0 Å². The molecule has 1 fully saturated rings. The molecule has 0 amide bonds. The van der Waals surface area contributed by atoms with E-state index in [2.05, 4.69) is 0 Å². The van der Waals surface area contributed by atoms with Gasteiger partial charge in [0.25, 0.3) is 0 Å². The highest BCUT2D eigenvalue weighted by molar-refractivity contribution is 5.82. The van der Waals surface area contributed by atoms with Crippen LogP contribution in [0.1, 0.15) is 31.2 Å². The number of carbonyl (C=O) groups is 1.